The van der Waals surface area contributed by atoms with Crippen molar-refractivity contribution in [1.29, 1.82) is 0 Å². The van der Waals surface area contributed by atoms with Gasteiger partial charge >= 0.3 is 6.09 Å². The number of likely N-dealkylation sites (tertiary alicyclic amines) is 1. The van der Waals surface area contributed by atoms with Crippen LogP contribution in [0.1, 0.15) is 24.8 Å². The van der Waals surface area contributed by atoms with Crippen molar-refractivity contribution in [2.45, 2.75) is 31.4 Å². The Morgan fingerprint density at radius 2 is 2.08 bits per heavy atom. The van der Waals surface area contributed by atoms with Gasteiger partial charge in [0.15, 0.2) is 0 Å². The summed E-state index contributed by atoms with van der Waals surface area (Å²) in [5.41, 5.74) is 0.846. The highest BCUT2D eigenvalue weighted by molar-refractivity contribution is 6.20. The molecule has 1 aromatic rings. The van der Waals surface area contributed by atoms with Crippen LogP contribution in [0.2, 0.25) is 0 Å². The Kier molecular flexibility index (Phi) is 5.74. The maximum absolute atomic E-state index is 12.2. The number of hydrogen-bond acceptors (Lipinski definition) is 4. The van der Waals surface area contributed by atoms with Crippen molar-refractivity contribution in [1.82, 2.24) is 10.2 Å². The van der Waals surface area contributed by atoms with E-state index in [4.69, 9.17) is 16.3 Å². The van der Waals surface area contributed by atoms with E-state index in [9.17, 15) is 4.79 Å². The molecule has 1 fully saturated rings. The lowest BCUT2D eigenvalue weighted by atomic mass is 9.84. The van der Waals surface area contributed by atoms with Crippen LogP contribution in [0.4, 0.5) is 4.79 Å². The van der Waals surface area contributed by atoms with Gasteiger partial charge in [-0.15, -0.1) is 11.6 Å². The normalized spacial score (nSPS) is 24.3. The number of hydrogen-bond donors (Lipinski definition) is 1. The molecule has 3 rings (SSSR count). The van der Waals surface area contributed by atoms with Crippen LogP contribution >= 0.6 is 11.6 Å². The average Bonchev–Trinajstić information content (AvgIpc) is 3.10. The zero-order chi connectivity index (χ0) is 16.8. The van der Waals surface area contributed by atoms with E-state index in [-0.39, 0.29) is 11.6 Å². The highest BCUT2D eigenvalue weighted by Crippen LogP contribution is 2.28. The lowest BCUT2D eigenvalue weighted by Gasteiger charge is -2.35. The molecule has 0 bridgehead atoms. The Bertz CT molecular complexity index is 573. The van der Waals surface area contributed by atoms with Gasteiger partial charge in [0.05, 0.1) is 12.2 Å². The van der Waals surface area contributed by atoms with E-state index in [0.29, 0.717) is 25.1 Å². The number of amides is 1. The zero-order valence-corrected chi connectivity index (χ0v) is 14.5. The van der Waals surface area contributed by atoms with E-state index in [1.54, 1.807) is 0 Å². The molecule has 1 atom stereocenters. The number of alkyl halides is 1. The third-order valence-electron chi connectivity index (χ3n) is 4.83. The summed E-state index contributed by atoms with van der Waals surface area (Å²) in [6, 6.07) is 9.76. The zero-order valence-electron chi connectivity index (χ0n) is 13.8. The number of rotatable bonds is 5. The number of nitrogens with one attached hydrogen (secondary N) is 1. The van der Waals surface area contributed by atoms with Crippen LogP contribution in [0.5, 0.6) is 0 Å². The first-order valence-electron chi connectivity index (χ1n) is 8.48. The van der Waals surface area contributed by atoms with Gasteiger partial charge in [-0.25, -0.2) is 4.79 Å². The molecule has 2 aliphatic heterocycles. The summed E-state index contributed by atoms with van der Waals surface area (Å²) in [7, 11) is 0. The predicted octanol–water partition coefficient (Wildman–Crippen LogP) is 3.03. The van der Waals surface area contributed by atoms with Gasteiger partial charge in [-0.1, -0.05) is 30.3 Å². The number of aliphatic imine (C=N–C) groups is 1. The third-order valence-corrected chi connectivity index (χ3v) is 5.31. The average molecular weight is 350 g/mol. The van der Waals surface area contributed by atoms with Crippen molar-refractivity contribution >= 4 is 23.9 Å². The lowest BCUT2D eigenvalue weighted by molar-refractivity contribution is 0.0801. The summed E-state index contributed by atoms with van der Waals surface area (Å²) in [6.07, 6.45) is 4.68. The summed E-state index contributed by atoms with van der Waals surface area (Å²) in [5.74, 6) is 1.09. The molecule has 0 radical (unpaired) electrons. The molecule has 1 saturated heterocycles. The number of benzene rings is 1. The highest BCUT2D eigenvalue weighted by atomic mass is 35.5. The molecule has 6 heteroatoms. The molecule has 0 aliphatic carbocycles. The van der Waals surface area contributed by atoms with E-state index < -0.39 is 0 Å². The molecule has 5 nitrogen and oxygen atoms in total. The van der Waals surface area contributed by atoms with Gasteiger partial charge in [-0.05, 0) is 30.7 Å². The van der Waals surface area contributed by atoms with E-state index in [2.05, 4.69) is 10.3 Å². The minimum absolute atomic E-state index is 0.164. The predicted molar refractivity (Wildman–Crippen MR) is 95.5 cm³/mol. The maximum Gasteiger partial charge on any atom is 0.410 e. The topological polar surface area (TPSA) is 53.9 Å². The third kappa shape index (κ3) is 4.28. The fraction of sp³-hybridized carbons (Fsp3) is 0.556. The molecule has 1 N–H and O–H groups in total. The van der Waals surface area contributed by atoms with E-state index in [1.807, 2.05) is 41.4 Å². The van der Waals surface area contributed by atoms with Gasteiger partial charge in [-0.2, -0.15) is 0 Å². The monoisotopic (exact) mass is 349 g/mol. The molecule has 2 aliphatic rings. The molecule has 1 aromatic carbocycles. The van der Waals surface area contributed by atoms with Crippen LogP contribution in [0, 0.1) is 5.92 Å². The van der Waals surface area contributed by atoms with Crippen LogP contribution in [0.15, 0.2) is 35.3 Å². The lowest BCUT2D eigenvalue weighted by Crippen LogP contribution is -2.48. The van der Waals surface area contributed by atoms with Gasteiger partial charge in [0.1, 0.15) is 6.61 Å². The molecule has 1 unspecified atom stereocenters. The minimum atomic E-state index is -0.218. The van der Waals surface area contributed by atoms with Gasteiger partial charge in [0, 0.05) is 25.2 Å². The first kappa shape index (κ1) is 17.2. The number of ether oxygens (including phenoxy) is 1. The molecular weight excluding hydrogens is 326 g/mol. The Labute approximate surface area is 148 Å². The standard InChI is InChI=1S/C18H24ClN3O2/c19-12-18(13-20-14-21-18)10-15-6-8-22(9-7-15)17(23)24-11-16-4-2-1-3-5-16/h1-5,13,15,21H,6-12,14H2. The maximum atomic E-state index is 12.2. The number of carbonyl (C=O) groups is 1. The Hall–Kier alpha value is -1.59. The van der Waals surface area contributed by atoms with Crippen LogP contribution < -0.4 is 5.32 Å². The first-order valence-corrected chi connectivity index (χ1v) is 9.02. The summed E-state index contributed by atoms with van der Waals surface area (Å²) in [5, 5.41) is 3.38. The molecule has 130 valence electrons. The second-order valence-electron chi connectivity index (χ2n) is 6.61. The second kappa shape index (κ2) is 7.99. The minimum Gasteiger partial charge on any atom is -0.445 e. The van der Waals surface area contributed by atoms with E-state index in [1.165, 1.54) is 0 Å². The van der Waals surface area contributed by atoms with Gasteiger partial charge < -0.3 is 9.64 Å². The van der Waals surface area contributed by atoms with Crippen LogP contribution in [-0.2, 0) is 11.3 Å². The quantitative estimate of drug-likeness (QED) is 0.831. The van der Waals surface area contributed by atoms with Crippen molar-refractivity contribution < 1.29 is 9.53 Å². The fourth-order valence-corrected chi connectivity index (χ4v) is 3.65. The van der Waals surface area contributed by atoms with Crippen molar-refractivity contribution in [2.24, 2.45) is 10.9 Å². The van der Waals surface area contributed by atoms with Crippen molar-refractivity contribution in [2.75, 3.05) is 25.6 Å². The van der Waals surface area contributed by atoms with Crippen molar-refractivity contribution in [3.63, 3.8) is 0 Å². The van der Waals surface area contributed by atoms with Crippen LogP contribution in [0.3, 0.4) is 0 Å². The van der Waals surface area contributed by atoms with Crippen LogP contribution in [-0.4, -0.2) is 48.4 Å². The summed E-state index contributed by atoms with van der Waals surface area (Å²) in [6.45, 7) is 2.47. The summed E-state index contributed by atoms with van der Waals surface area (Å²) >= 11 is 6.12. The van der Waals surface area contributed by atoms with Crippen LogP contribution in [0.25, 0.3) is 0 Å². The van der Waals surface area contributed by atoms with E-state index in [0.717, 1.165) is 37.9 Å². The smallest absolute Gasteiger partial charge is 0.410 e. The van der Waals surface area contributed by atoms with Gasteiger partial charge in [0.25, 0.3) is 0 Å². The van der Waals surface area contributed by atoms with Gasteiger partial charge in [-0.3, -0.25) is 10.3 Å². The number of carbonyl (C=O) groups excluding carboxylic acids is 1. The fourth-order valence-electron chi connectivity index (χ4n) is 3.38. The summed E-state index contributed by atoms with van der Waals surface area (Å²) in [4.78, 5) is 18.3. The largest absolute Gasteiger partial charge is 0.445 e. The SMILES string of the molecule is O=C(OCc1ccccc1)N1CCC(CC2(CCl)C=NCN2)CC1. The molecule has 0 saturated carbocycles. The van der Waals surface area contributed by atoms with Crippen molar-refractivity contribution in [3.05, 3.63) is 35.9 Å². The molecular formula is C18H24ClN3O2. The second-order valence-corrected chi connectivity index (χ2v) is 6.88. The molecule has 0 spiro atoms. The number of nitrogens with zero attached hydrogens (tertiary/aromatic N) is 2. The van der Waals surface area contributed by atoms with Gasteiger partial charge in [0.2, 0.25) is 0 Å². The Balaban J connectivity index is 1.43. The Morgan fingerprint density at radius 1 is 1.33 bits per heavy atom. The molecule has 24 heavy (non-hydrogen) atoms. The van der Waals surface area contributed by atoms with Crippen molar-refractivity contribution in [3.8, 4) is 0 Å². The summed E-state index contributed by atoms with van der Waals surface area (Å²) < 4.78 is 5.41. The molecule has 1 amide bonds. The first-order chi connectivity index (χ1) is 11.7. The Morgan fingerprint density at radius 3 is 2.71 bits per heavy atom. The highest BCUT2D eigenvalue weighted by Gasteiger charge is 2.34. The molecule has 2 heterocycles. The number of halogens is 1. The van der Waals surface area contributed by atoms with E-state index >= 15 is 0 Å². The number of piperidine rings is 1. The molecule has 0 aromatic heterocycles.